The molecule has 0 heterocycles. The van der Waals surface area contributed by atoms with Gasteiger partial charge in [0.2, 0.25) is 0 Å². The monoisotopic (exact) mass is 309 g/mol. The first kappa shape index (κ1) is 17.2. The molecule has 114 valence electrons. The average Bonchev–Trinajstić information content (AvgIpc) is 2.49. The number of esters is 1. The van der Waals surface area contributed by atoms with Gasteiger partial charge in [0.25, 0.3) is 5.91 Å². The van der Waals surface area contributed by atoms with Crippen LogP contribution < -0.4 is 5.32 Å². The SMILES string of the molecule is CSCCC(NC(=O)c1ccccc1)C(=O)OCC(C)=O. The maximum Gasteiger partial charge on any atom is 0.329 e. The third-order valence-corrected chi connectivity index (χ3v) is 3.30. The lowest BCUT2D eigenvalue weighted by molar-refractivity contribution is -0.149. The van der Waals surface area contributed by atoms with Crippen molar-refractivity contribution in [1.29, 1.82) is 0 Å². The van der Waals surface area contributed by atoms with Crippen molar-refractivity contribution >= 4 is 29.4 Å². The van der Waals surface area contributed by atoms with Crippen LogP contribution in [0.1, 0.15) is 23.7 Å². The van der Waals surface area contributed by atoms with Crippen LogP contribution in [-0.4, -0.2) is 42.3 Å². The summed E-state index contributed by atoms with van der Waals surface area (Å²) in [5, 5.41) is 2.65. The van der Waals surface area contributed by atoms with Crippen LogP contribution in [0.15, 0.2) is 30.3 Å². The van der Waals surface area contributed by atoms with Crippen molar-refractivity contribution in [3.8, 4) is 0 Å². The average molecular weight is 309 g/mol. The number of amides is 1. The van der Waals surface area contributed by atoms with Gasteiger partial charge in [0.1, 0.15) is 12.6 Å². The molecule has 0 fully saturated rings. The normalized spacial score (nSPS) is 11.5. The van der Waals surface area contributed by atoms with E-state index in [1.165, 1.54) is 6.92 Å². The van der Waals surface area contributed by atoms with Crippen molar-refractivity contribution in [1.82, 2.24) is 5.32 Å². The van der Waals surface area contributed by atoms with E-state index in [0.717, 1.165) is 0 Å². The zero-order valence-electron chi connectivity index (χ0n) is 12.1. The van der Waals surface area contributed by atoms with Gasteiger partial charge in [-0.2, -0.15) is 11.8 Å². The Morgan fingerprint density at radius 1 is 1.24 bits per heavy atom. The van der Waals surface area contributed by atoms with Gasteiger partial charge in [0.15, 0.2) is 5.78 Å². The third kappa shape index (κ3) is 6.44. The fourth-order valence-corrected chi connectivity index (χ4v) is 2.06. The van der Waals surface area contributed by atoms with E-state index in [-0.39, 0.29) is 18.3 Å². The van der Waals surface area contributed by atoms with Gasteiger partial charge in [-0.25, -0.2) is 4.79 Å². The summed E-state index contributed by atoms with van der Waals surface area (Å²) in [6.45, 7) is 1.07. The molecule has 21 heavy (non-hydrogen) atoms. The zero-order valence-corrected chi connectivity index (χ0v) is 12.9. The molecule has 0 radical (unpaired) electrons. The molecule has 1 amide bonds. The van der Waals surface area contributed by atoms with Crippen molar-refractivity contribution in [2.75, 3.05) is 18.6 Å². The van der Waals surface area contributed by atoms with E-state index in [2.05, 4.69) is 5.32 Å². The number of hydrogen-bond acceptors (Lipinski definition) is 5. The predicted molar refractivity (Wildman–Crippen MR) is 82.3 cm³/mol. The fraction of sp³-hybridized carbons (Fsp3) is 0.400. The van der Waals surface area contributed by atoms with Crippen LogP contribution in [0.4, 0.5) is 0 Å². The summed E-state index contributed by atoms with van der Waals surface area (Å²) in [4.78, 5) is 34.8. The van der Waals surface area contributed by atoms with Crippen LogP contribution in [0.5, 0.6) is 0 Å². The molecule has 1 atom stereocenters. The maximum atomic E-state index is 12.1. The fourth-order valence-electron chi connectivity index (χ4n) is 1.59. The molecule has 0 bridgehead atoms. The zero-order chi connectivity index (χ0) is 15.7. The van der Waals surface area contributed by atoms with E-state index < -0.39 is 12.0 Å². The smallest absolute Gasteiger partial charge is 0.329 e. The Morgan fingerprint density at radius 2 is 1.90 bits per heavy atom. The standard InChI is InChI=1S/C15H19NO4S/c1-11(17)10-20-15(19)13(8-9-21-2)16-14(18)12-6-4-3-5-7-12/h3-7,13H,8-10H2,1-2H3,(H,16,18). The molecule has 1 aromatic carbocycles. The number of nitrogens with one attached hydrogen (secondary N) is 1. The summed E-state index contributed by atoms with van der Waals surface area (Å²) in [5.41, 5.74) is 0.478. The molecule has 0 saturated carbocycles. The molecule has 1 rings (SSSR count). The van der Waals surface area contributed by atoms with Crippen molar-refractivity contribution in [2.24, 2.45) is 0 Å². The van der Waals surface area contributed by atoms with E-state index in [1.807, 2.05) is 12.3 Å². The number of hydrogen-bond donors (Lipinski definition) is 1. The molecule has 0 saturated heterocycles. The Labute approximate surface area is 128 Å². The highest BCUT2D eigenvalue weighted by molar-refractivity contribution is 7.98. The highest BCUT2D eigenvalue weighted by atomic mass is 32.2. The summed E-state index contributed by atoms with van der Waals surface area (Å²) >= 11 is 1.57. The van der Waals surface area contributed by atoms with Gasteiger partial charge in [-0.15, -0.1) is 0 Å². The van der Waals surface area contributed by atoms with E-state index in [1.54, 1.807) is 36.0 Å². The largest absolute Gasteiger partial charge is 0.456 e. The van der Waals surface area contributed by atoms with Crippen LogP contribution in [0, 0.1) is 0 Å². The van der Waals surface area contributed by atoms with E-state index in [0.29, 0.717) is 17.7 Å². The Balaban J connectivity index is 2.66. The minimum Gasteiger partial charge on any atom is -0.456 e. The molecular formula is C15H19NO4S. The number of Topliss-reactive ketones (excluding diaryl/α,β-unsaturated/α-hetero) is 1. The lowest BCUT2D eigenvalue weighted by Crippen LogP contribution is -2.42. The Bertz CT molecular complexity index is 490. The van der Waals surface area contributed by atoms with Gasteiger partial charge in [-0.05, 0) is 37.5 Å². The van der Waals surface area contributed by atoms with Gasteiger partial charge in [-0.3, -0.25) is 9.59 Å². The maximum absolute atomic E-state index is 12.1. The van der Waals surface area contributed by atoms with E-state index in [4.69, 9.17) is 4.74 Å². The molecule has 0 aromatic heterocycles. The molecule has 5 nitrogen and oxygen atoms in total. The lowest BCUT2D eigenvalue weighted by Gasteiger charge is -2.17. The molecule has 0 spiro atoms. The Morgan fingerprint density at radius 3 is 2.48 bits per heavy atom. The second-order valence-corrected chi connectivity index (χ2v) is 5.47. The van der Waals surface area contributed by atoms with Crippen LogP contribution in [0.25, 0.3) is 0 Å². The summed E-state index contributed by atoms with van der Waals surface area (Å²) in [6, 6.07) is 7.90. The quantitative estimate of drug-likeness (QED) is 0.740. The minimum atomic E-state index is -0.746. The van der Waals surface area contributed by atoms with Crippen molar-refractivity contribution in [3.63, 3.8) is 0 Å². The van der Waals surface area contributed by atoms with Crippen molar-refractivity contribution in [3.05, 3.63) is 35.9 Å². The number of ether oxygens (including phenoxy) is 1. The van der Waals surface area contributed by atoms with Gasteiger partial charge >= 0.3 is 5.97 Å². The molecule has 1 N–H and O–H groups in total. The minimum absolute atomic E-state index is 0.235. The number of carbonyl (C=O) groups excluding carboxylic acids is 3. The first-order valence-corrected chi connectivity index (χ1v) is 7.95. The highest BCUT2D eigenvalue weighted by Gasteiger charge is 2.22. The number of ketones is 1. The summed E-state index contributed by atoms with van der Waals surface area (Å²) in [5.74, 6) is -0.444. The predicted octanol–water partition coefficient (Wildman–Crippen LogP) is 1.67. The van der Waals surface area contributed by atoms with Crippen LogP contribution >= 0.6 is 11.8 Å². The number of carbonyl (C=O) groups is 3. The van der Waals surface area contributed by atoms with E-state index >= 15 is 0 Å². The second kappa shape index (κ2) is 9.18. The van der Waals surface area contributed by atoms with Crippen molar-refractivity contribution < 1.29 is 19.1 Å². The molecular weight excluding hydrogens is 290 g/mol. The molecule has 1 unspecified atom stereocenters. The lowest BCUT2D eigenvalue weighted by atomic mass is 10.1. The summed E-state index contributed by atoms with van der Waals surface area (Å²) < 4.78 is 4.89. The molecule has 0 aliphatic carbocycles. The Kier molecular flexibility index (Phi) is 7.53. The topological polar surface area (TPSA) is 72.5 Å². The van der Waals surface area contributed by atoms with Gasteiger partial charge in [0.05, 0.1) is 0 Å². The van der Waals surface area contributed by atoms with Crippen LogP contribution in [-0.2, 0) is 14.3 Å². The van der Waals surface area contributed by atoms with Crippen LogP contribution in [0.3, 0.4) is 0 Å². The second-order valence-electron chi connectivity index (χ2n) is 4.48. The first-order chi connectivity index (χ1) is 10.0. The van der Waals surface area contributed by atoms with Crippen molar-refractivity contribution in [2.45, 2.75) is 19.4 Å². The summed E-state index contributed by atoms with van der Waals surface area (Å²) in [6.07, 6.45) is 2.37. The molecule has 0 aliphatic rings. The number of thioether (sulfide) groups is 1. The van der Waals surface area contributed by atoms with Crippen LogP contribution in [0.2, 0.25) is 0 Å². The molecule has 0 aliphatic heterocycles. The number of rotatable bonds is 8. The van der Waals surface area contributed by atoms with Gasteiger partial charge < -0.3 is 10.1 Å². The third-order valence-electron chi connectivity index (χ3n) is 2.65. The summed E-state index contributed by atoms with van der Waals surface area (Å²) in [7, 11) is 0. The molecule has 6 heteroatoms. The van der Waals surface area contributed by atoms with Gasteiger partial charge in [0, 0.05) is 5.56 Å². The Hall–Kier alpha value is -1.82. The first-order valence-electron chi connectivity index (χ1n) is 6.55. The number of benzene rings is 1. The van der Waals surface area contributed by atoms with Gasteiger partial charge in [-0.1, -0.05) is 18.2 Å². The van der Waals surface area contributed by atoms with E-state index in [9.17, 15) is 14.4 Å². The highest BCUT2D eigenvalue weighted by Crippen LogP contribution is 2.05. The molecule has 1 aromatic rings.